The van der Waals surface area contributed by atoms with Crippen molar-refractivity contribution in [2.45, 2.75) is 134 Å². The third kappa shape index (κ3) is 14.1. The first kappa shape index (κ1) is 38.3. The summed E-state index contributed by atoms with van der Waals surface area (Å²) in [6.45, 7) is 4.60. The monoisotopic (exact) mass is 686 g/mol. The average Bonchev–Trinajstić information content (AvgIpc) is 3.51. The van der Waals surface area contributed by atoms with Crippen LogP contribution in [0.3, 0.4) is 0 Å². The summed E-state index contributed by atoms with van der Waals surface area (Å²) in [7, 11) is 3.01. The zero-order valence-electron chi connectivity index (χ0n) is 29.4. The van der Waals surface area contributed by atoms with Gasteiger partial charge in [0.05, 0.1) is 49.7 Å². The molecule has 0 aliphatic carbocycles. The first-order valence-electron chi connectivity index (χ1n) is 17.7. The van der Waals surface area contributed by atoms with Crippen molar-refractivity contribution in [2.75, 3.05) is 20.8 Å². The summed E-state index contributed by atoms with van der Waals surface area (Å²) < 4.78 is 40.6. The molecule has 3 saturated heterocycles. The highest BCUT2D eigenvalue weighted by molar-refractivity contribution is 5.82. The number of fused-ring (bicyclic) bond motifs is 4. The van der Waals surface area contributed by atoms with Crippen molar-refractivity contribution in [3.63, 3.8) is 0 Å². The number of nitrogens with one attached hydrogen (secondary N) is 1. The fraction of sp³-hybridized carbons (Fsp3) is 0.676. The zero-order chi connectivity index (χ0) is 35.0. The molecule has 12 nitrogen and oxygen atoms in total. The number of ether oxygens (including phenoxy) is 6. The minimum atomic E-state index is -0.517. The van der Waals surface area contributed by atoms with Crippen LogP contribution in [-0.4, -0.2) is 86.5 Å². The van der Waals surface area contributed by atoms with E-state index in [2.05, 4.69) is 35.0 Å². The SMILES string of the molecule is COC(=O)NCC=Cc1nc(CCC=CC(=O)O[C@@H]2CC3CC(=O)O[C@H](C=CCC(C)C)CC4CCCC(C[C@H](OC)CC(C2)O3)O4)co1. The topological polar surface area (TPSA) is 145 Å². The van der Waals surface area contributed by atoms with Crippen LogP contribution in [0.2, 0.25) is 0 Å². The van der Waals surface area contributed by atoms with E-state index in [1.165, 1.54) is 13.2 Å². The molecule has 1 aromatic rings. The van der Waals surface area contributed by atoms with Gasteiger partial charge in [-0.25, -0.2) is 14.6 Å². The second-order valence-electron chi connectivity index (χ2n) is 13.5. The number of oxazole rings is 1. The Hall–Kier alpha value is -3.48. The molecule has 272 valence electrons. The van der Waals surface area contributed by atoms with Gasteiger partial charge in [0.1, 0.15) is 18.5 Å². The number of carbonyl (C=O) groups excluding carboxylic acids is 3. The maximum absolute atomic E-state index is 13.2. The van der Waals surface area contributed by atoms with Crippen molar-refractivity contribution in [1.82, 2.24) is 10.3 Å². The Morgan fingerprint density at radius 1 is 0.980 bits per heavy atom. The van der Waals surface area contributed by atoms with Gasteiger partial charge in [-0.1, -0.05) is 32.1 Å². The number of carbonyl (C=O) groups is 3. The number of esters is 2. The summed E-state index contributed by atoms with van der Waals surface area (Å²) in [5.41, 5.74) is 0.736. The van der Waals surface area contributed by atoms with Crippen LogP contribution in [0.1, 0.15) is 96.1 Å². The van der Waals surface area contributed by atoms with Crippen LogP contribution in [-0.2, 0) is 44.4 Å². The number of aryl methyl sites for hydroxylation is 1. The number of hydrogen-bond donors (Lipinski definition) is 1. The molecule has 3 aliphatic heterocycles. The molecule has 1 aromatic heterocycles. The van der Waals surface area contributed by atoms with Crippen molar-refractivity contribution < 1.29 is 47.2 Å². The molecular formula is C37H54N2O10. The summed E-state index contributed by atoms with van der Waals surface area (Å²) in [5, 5.41) is 2.54. The lowest BCUT2D eigenvalue weighted by Gasteiger charge is -2.38. The molecule has 0 spiro atoms. The molecule has 7 atom stereocenters. The van der Waals surface area contributed by atoms with Crippen LogP contribution in [0.4, 0.5) is 4.79 Å². The van der Waals surface area contributed by atoms with Crippen molar-refractivity contribution in [1.29, 1.82) is 0 Å². The second-order valence-corrected chi connectivity index (χ2v) is 13.5. The lowest BCUT2D eigenvalue weighted by atomic mass is 9.92. The second kappa shape index (κ2) is 20.3. The van der Waals surface area contributed by atoms with E-state index < -0.39 is 24.3 Å². The van der Waals surface area contributed by atoms with Crippen molar-refractivity contribution in [3.8, 4) is 0 Å². The summed E-state index contributed by atoms with van der Waals surface area (Å²) in [5.74, 6) is 0.155. The molecule has 4 heterocycles. The smallest absolute Gasteiger partial charge is 0.407 e. The molecule has 0 aromatic carbocycles. The fourth-order valence-electron chi connectivity index (χ4n) is 6.48. The van der Waals surface area contributed by atoms with E-state index in [1.807, 2.05) is 6.08 Å². The molecule has 3 aliphatic rings. The van der Waals surface area contributed by atoms with Gasteiger partial charge in [0, 0.05) is 39.0 Å². The number of nitrogens with zero attached hydrogens (tertiary/aromatic N) is 1. The Morgan fingerprint density at radius 2 is 1.71 bits per heavy atom. The Kier molecular flexibility index (Phi) is 15.8. The standard InChI is InChI=1S/C37H54N2O10/c1-25(2)10-7-12-29-18-27-13-8-14-28(46-27)19-30(43-3)20-31-21-32(22-33(47-31)23-36(41)48-29)49-35(40)16-6-5-11-26-24-45-34(39-26)15-9-17-38-37(42)44-4/h6-7,9,12,15-16,24-25,27-33H,5,8,10-11,13-14,17-23H2,1-4H3,(H,38,42)/t27?,28?,29-,30+,31?,32+,33?/m1/s1. The van der Waals surface area contributed by atoms with Crippen molar-refractivity contribution in [2.24, 2.45) is 5.92 Å². The van der Waals surface area contributed by atoms with E-state index in [9.17, 15) is 14.4 Å². The number of cyclic esters (lactones) is 1. The normalized spacial score (nSPS) is 28.4. The molecule has 4 bridgehead atoms. The summed E-state index contributed by atoms with van der Waals surface area (Å²) in [6.07, 6.45) is 18.3. The predicted molar refractivity (Wildman–Crippen MR) is 181 cm³/mol. The third-order valence-corrected chi connectivity index (χ3v) is 8.87. The highest BCUT2D eigenvalue weighted by atomic mass is 16.6. The maximum atomic E-state index is 13.2. The van der Waals surface area contributed by atoms with Gasteiger partial charge in [-0.3, -0.25) is 4.79 Å². The van der Waals surface area contributed by atoms with Gasteiger partial charge in [0.15, 0.2) is 0 Å². The van der Waals surface area contributed by atoms with E-state index >= 15 is 0 Å². The van der Waals surface area contributed by atoms with Crippen molar-refractivity contribution >= 4 is 24.1 Å². The van der Waals surface area contributed by atoms with Crippen LogP contribution < -0.4 is 5.32 Å². The van der Waals surface area contributed by atoms with Gasteiger partial charge in [-0.05, 0) is 69.4 Å². The predicted octanol–water partition coefficient (Wildman–Crippen LogP) is 6.03. The minimum absolute atomic E-state index is 0.0343. The lowest BCUT2D eigenvalue weighted by molar-refractivity contribution is -0.169. The molecule has 3 fully saturated rings. The number of methoxy groups -OCH3 is 2. The third-order valence-electron chi connectivity index (χ3n) is 8.87. The Bertz CT molecular complexity index is 1270. The van der Waals surface area contributed by atoms with Crippen LogP contribution >= 0.6 is 0 Å². The summed E-state index contributed by atoms with van der Waals surface area (Å²) >= 11 is 0. The number of rotatable bonds is 12. The van der Waals surface area contributed by atoms with Gasteiger partial charge in [-0.15, -0.1) is 0 Å². The molecule has 0 radical (unpaired) electrons. The maximum Gasteiger partial charge on any atom is 0.407 e. The quantitative estimate of drug-likeness (QED) is 0.119. The first-order valence-corrected chi connectivity index (χ1v) is 17.7. The van der Waals surface area contributed by atoms with Crippen molar-refractivity contribution in [3.05, 3.63) is 48.2 Å². The number of hydrogen-bond acceptors (Lipinski definition) is 11. The van der Waals surface area contributed by atoms with Gasteiger partial charge in [-0.2, -0.15) is 0 Å². The molecule has 1 amide bonds. The van der Waals surface area contributed by atoms with E-state index in [-0.39, 0.29) is 49.5 Å². The highest BCUT2D eigenvalue weighted by Crippen LogP contribution is 2.32. The van der Waals surface area contributed by atoms with E-state index in [0.29, 0.717) is 50.3 Å². The van der Waals surface area contributed by atoms with Crippen LogP contribution in [0.5, 0.6) is 0 Å². The molecule has 1 N–H and O–H groups in total. The molecule has 12 heteroatoms. The number of aromatic nitrogens is 1. The molecule has 0 saturated carbocycles. The minimum Gasteiger partial charge on any atom is -0.459 e. The largest absolute Gasteiger partial charge is 0.459 e. The average molecular weight is 687 g/mol. The zero-order valence-corrected chi connectivity index (χ0v) is 29.4. The van der Waals surface area contributed by atoms with E-state index in [1.54, 1.807) is 31.6 Å². The Morgan fingerprint density at radius 3 is 2.49 bits per heavy atom. The van der Waals surface area contributed by atoms with E-state index in [0.717, 1.165) is 37.8 Å². The number of amides is 1. The first-order chi connectivity index (χ1) is 23.7. The lowest BCUT2D eigenvalue weighted by Crippen LogP contribution is -2.42. The number of alkyl carbamates (subject to hydrolysis) is 1. The molecule has 4 unspecified atom stereocenters. The summed E-state index contributed by atoms with van der Waals surface area (Å²) in [6, 6.07) is 0. The van der Waals surface area contributed by atoms with Gasteiger partial charge in [0.25, 0.3) is 0 Å². The summed E-state index contributed by atoms with van der Waals surface area (Å²) in [4.78, 5) is 41.6. The molecule has 49 heavy (non-hydrogen) atoms. The van der Waals surface area contributed by atoms with Gasteiger partial charge >= 0.3 is 18.0 Å². The van der Waals surface area contributed by atoms with Crippen LogP contribution in [0.15, 0.2) is 41.1 Å². The van der Waals surface area contributed by atoms with Crippen LogP contribution in [0.25, 0.3) is 6.08 Å². The number of allylic oxidation sites excluding steroid dienone is 2. The van der Waals surface area contributed by atoms with Gasteiger partial charge < -0.3 is 38.2 Å². The Balaban J connectivity index is 1.33. The van der Waals surface area contributed by atoms with Crippen LogP contribution in [0, 0.1) is 5.92 Å². The molecule has 4 rings (SSSR count). The van der Waals surface area contributed by atoms with E-state index in [4.69, 9.17) is 28.1 Å². The van der Waals surface area contributed by atoms with Gasteiger partial charge in [0.2, 0.25) is 5.89 Å². The molecular weight excluding hydrogens is 632 g/mol. The highest BCUT2D eigenvalue weighted by Gasteiger charge is 2.36. The fourth-order valence-corrected chi connectivity index (χ4v) is 6.48. The Labute approximate surface area is 289 Å².